The number of aryl methyl sites for hydroxylation is 1. The summed E-state index contributed by atoms with van der Waals surface area (Å²) in [5, 5.41) is 12.3. The third-order valence-corrected chi connectivity index (χ3v) is 4.24. The Balaban J connectivity index is 1.99. The Kier molecular flexibility index (Phi) is 5.20. The molecule has 1 aromatic carbocycles. The summed E-state index contributed by atoms with van der Waals surface area (Å²) in [5.41, 5.74) is 8.18. The maximum Gasteiger partial charge on any atom is 0.241 e. The summed E-state index contributed by atoms with van der Waals surface area (Å²) >= 11 is 0. The summed E-state index contributed by atoms with van der Waals surface area (Å²) < 4.78 is 0. The van der Waals surface area contributed by atoms with Crippen LogP contribution in [0.1, 0.15) is 25.3 Å². The van der Waals surface area contributed by atoms with Crippen LogP contribution >= 0.6 is 0 Å². The molecular formula is C16H25N3O2. The minimum atomic E-state index is -0.198. The molecule has 1 heterocycles. The molecule has 1 aromatic rings. The Morgan fingerprint density at radius 3 is 3.00 bits per heavy atom. The molecule has 2 rings (SSSR count). The summed E-state index contributed by atoms with van der Waals surface area (Å²) in [5.74, 6) is 0.272. The van der Waals surface area contributed by atoms with Crippen molar-refractivity contribution < 1.29 is 9.90 Å². The summed E-state index contributed by atoms with van der Waals surface area (Å²) in [4.78, 5) is 14.5. The monoisotopic (exact) mass is 291 g/mol. The molecule has 0 aromatic heterocycles. The fraction of sp³-hybridized carbons (Fsp3) is 0.562. The molecule has 1 saturated heterocycles. The van der Waals surface area contributed by atoms with Gasteiger partial charge < -0.3 is 16.2 Å². The van der Waals surface area contributed by atoms with Crippen LogP contribution in [-0.4, -0.2) is 41.7 Å². The van der Waals surface area contributed by atoms with Crippen molar-refractivity contribution in [2.24, 2.45) is 5.92 Å². The first-order chi connectivity index (χ1) is 10.0. The largest absolute Gasteiger partial charge is 0.399 e. The Bertz CT molecular complexity index is 504. The second-order valence-corrected chi connectivity index (χ2v) is 5.93. The maximum absolute atomic E-state index is 12.4. The minimum absolute atomic E-state index is 0.0125. The topological polar surface area (TPSA) is 78.6 Å². The van der Waals surface area contributed by atoms with E-state index in [1.165, 1.54) is 0 Å². The lowest BCUT2D eigenvalue weighted by Gasteiger charge is -2.35. The van der Waals surface area contributed by atoms with Crippen molar-refractivity contribution in [3.63, 3.8) is 0 Å². The van der Waals surface area contributed by atoms with Gasteiger partial charge in [0.25, 0.3) is 0 Å². The molecule has 116 valence electrons. The van der Waals surface area contributed by atoms with Crippen molar-refractivity contribution >= 4 is 17.3 Å². The number of nitrogen functional groups attached to an aromatic ring is 1. The highest BCUT2D eigenvalue weighted by Crippen LogP contribution is 2.21. The molecular weight excluding hydrogens is 266 g/mol. The quantitative estimate of drug-likeness (QED) is 0.736. The van der Waals surface area contributed by atoms with E-state index in [2.05, 4.69) is 10.2 Å². The first kappa shape index (κ1) is 15.8. The van der Waals surface area contributed by atoms with Crippen LogP contribution in [0.2, 0.25) is 0 Å². The number of carbonyl (C=O) groups is 1. The number of amides is 1. The van der Waals surface area contributed by atoms with Crippen LogP contribution in [-0.2, 0) is 4.79 Å². The first-order valence-corrected chi connectivity index (χ1v) is 7.53. The number of hydrogen-bond donors (Lipinski definition) is 3. The lowest BCUT2D eigenvalue weighted by Crippen LogP contribution is -2.47. The zero-order valence-corrected chi connectivity index (χ0v) is 12.8. The molecule has 21 heavy (non-hydrogen) atoms. The number of carbonyl (C=O) groups excluding carboxylic acids is 1. The highest BCUT2D eigenvalue weighted by molar-refractivity contribution is 5.95. The number of nitrogens with zero attached hydrogens (tertiary/aromatic N) is 1. The molecule has 0 saturated carbocycles. The van der Waals surface area contributed by atoms with Gasteiger partial charge in [-0.15, -0.1) is 0 Å². The molecule has 5 nitrogen and oxygen atoms in total. The molecule has 0 radical (unpaired) electrons. The third kappa shape index (κ3) is 3.95. The number of nitrogens with one attached hydrogen (secondary N) is 1. The minimum Gasteiger partial charge on any atom is -0.399 e. The van der Waals surface area contributed by atoms with Crippen LogP contribution in [0.3, 0.4) is 0 Å². The summed E-state index contributed by atoms with van der Waals surface area (Å²) in [6, 6.07) is 5.28. The number of nitrogens with two attached hydrogens (primary N) is 1. The van der Waals surface area contributed by atoms with Gasteiger partial charge in [-0.05, 0) is 62.9 Å². The van der Waals surface area contributed by atoms with E-state index in [0.717, 1.165) is 37.2 Å². The molecule has 0 spiro atoms. The van der Waals surface area contributed by atoms with Crippen LogP contribution in [0, 0.1) is 12.8 Å². The van der Waals surface area contributed by atoms with E-state index in [1.807, 2.05) is 26.0 Å². The molecule has 2 unspecified atom stereocenters. The standard InChI is InChI=1S/C16H25N3O2/c1-11-8-14(17)5-6-15(11)18-16(21)12(2)19-7-3-4-13(9-19)10-20/h5-6,8,12-13,20H,3-4,7,9-10,17H2,1-2H3,(H,18,21). The fourth-order valence-corrected chi connectivity index (χ4v) is 2.83. The normalized spacial score (nSPS) is 21.0. The SMILES string of the molecule is Cc1cc(N)ccc1NC(=O)C(C)N1CCCC(CO)C1. The van der Waals surface area contributed by atoms with E-state index in [0.29, 0.717) is 5.69 Å². The Morgan fingerprint density at radius 1 is 1.57 bits per heavy atom. The van der Waals surface area contributed by atoms with Gasteiger partial charge in [0, 0.05) is 24.5 Å². The number of rotatable bonds is 4. The number of benzene rings is 1. The molecule has 5 heteroatoms. The molecule has 1 fully saturated rings. The number of aliphatic hydroxyl groups excluding tert-OH is 1. The van der Waals surface area contributed by atoms with Crippen molar-refractivity contribution in [1.29, 1.82) is 0 Å². The fourth-order valence-electron chi connectivity index (χ4n) is 2.83. The van der Waals surface area contributed by atoms with E-state index in [4.69, 9.17) is 5.73 Å². The van der Waals surface area contributed by atoms with Crippen molar-refractivity contribution in [3.8, 4) is 0 Å². The zero-order chi connectivity index (χ0) is 15.4. The van der Waals surface area contributed by atoms with Crippen LogP contribution in [0.25, 0.3) is 0 Å². The number of anilines is 2. The molecule has 0 aliphatic carbocycles. The van der Waals surface area contributed by atoms with E-state index < -0.39 is 0 Å². The van der Waals surface area contributed by atoms with Crippen LogP contribution in [0.4, 0.5) is 11.4 Å². The van der Waals surface area contributed by atoms with Gasteiger partial charge in [-0.1, -0.05) is 0 Å². The maximum atomic E-state index is 12.4. The average Bonchev–Trinajstić information content (AvgIpc) is 2.49. The zero-order valence-electron chi connectivity index (χ0n) is 12.8. The number of piperidine rings is 1. The lowest BCUT2D eigenvalue weighted by atomic mass is 9.97. The van der Waals surface area contributed by atoms with Crippen LogP contribution in [0.5, 0.6) is 0 Å². The molecule has 1 amide bonds. The van der Waals surface area contributed by atoms with Crippen molar-refractivity contribution in [2.45, 2.75) is 32.7 Å². The van der Waals surface area contributed by atoms with Gasteiger partial charge in [0.15, 0.2) is 0 Å². The highest BCUT2D eigenvalue weighted by atomic mass is 16.3. The summed E-state index contributed by atoms with van der Waals surface area (Å²) in [6.45, 7) is 5.74. The van der Waals surface area contributed by atoms with Gasteiger partial charge in [-0.3, -0.25) is 9.69 Å². The predicted octanol–water partition coefficient (Wildman–Crippen LogP) is 1.61. The van der Waals surface area contributed by atoms with Gasteiger partial charge in [0.1, 0.15) is 0 Å². The first-order valence-electron chi connectivity index (χ1n) is 7.53. The number of aliphatic hydroxyl groups is 1. The number of likely N-dealkylation sites (tertiary alicyclic amines) is 1. The smallest absolute Gasteiger partial charge is 0.241 e. The molecule has 1 aliphatic rings. The second-order valence-electron chi connectivity index (χ2n) is 5.93. The van der Waals surface area contributed by atoms with Crippen LogP contribution in [0.15, 0.2) is 18.2 Å². The van der Waals surface area contributed by atoms with E-state index in [1.54, 1.807) is 6.07 Å². The molecule has 2 atom stereocenters. The average molecular weight is 291 g/mol. The van der Waals surface area contributed by atoms with Gasteiger partial charge in [-0.2, -0.15) is 0 Å². The van der Waals surface area contributed by atoms with Gasteiger partial charge >= 0.3 is 0 Å². The van der Waals surface area contributed by atoms with Crippen molar-refractivity contribution in [3.05, 3.63) is 23.8 Å². The Hall–Kier alpha value is -1.59. The molecule has 4 N–H and O–H groups in total. The Morgan fingerprint density at radius 2 is 2.33 bits per heavy atom. The third-order valence-electron chi connectivity index (χ3n) is 4.24. The van der Waals surface area contributed by atoms with Gasteiger partial charge in [0.2, 0.25) is 5.91 Å². The molecule has 0 bridgehead atoms. The van der Waals surface area contributed by atoms with Crippen LogP contribution < -0.4 is 11.1 Å². The van der Waals surface area contributed by atoms with E-state index in [-0.39, 0.29) is 24.5 Å². The highest BCUT2D eigenvalue weighted by Gasteiger charge is 2.27. The number of hydrogen-bond acceptors (Lipinski definition) is 4. The second kappa shape index (κ2) is 6.91. The van der Waals surface area contributed by atoms with E-state index in [9.17, 15) is 9.90 Å². The van der Waals surface area contributed by atoms with Crippen molar-refractivity contribution in [2.75, 3.05) is 30.7 Å². The predicted molar refractivity (Wildman–Crippen MR) is 85.1 cm³/mol. The van der Waals surface area contributed by atoms with Crippen molar-refractivity contribution in [1.82, 2.24) is 4.90 Å². The summed E-state index contributed by atoms with van der Waals surface area (Å²) in [7, 11) is 0. The Labute approximate surface area is 126 Å². The van der Waals surface area contributed by atoms with Gasteiger partial charge in [0.05, 0.1) is 6.04 Å². The molecule has 1 aliphatic heterocycles. The van der Waals surface area contributed by atoms with Gasteiger partial charge in [-0.25, -0.2) is 0 Å². The summed E-state index contributed by atoms with van der Waals surface area (Å²) in [6.07, 6.45) is 2.07. The lowest BCUT2D eigenvalue weighted by molar-refractivity contribution is -0.121. The van der Waals surface area contributed by atoms with E-state index >= 15 is 0 Å².